The van der Waals surface area contributed by atoms with E-state index in [2.05, 4.69) is 5.32 Å². The van der Waals surface area contributed by atoms with Crippen LogP contribution < -0.4 is 15.8 Å². The zero-order valence-corrected chi connectivity index (χ0v) is 11.5. The van der Waals surface area contributed by atoms with Crippen LogP contribution in [0.15, 0.2) is 24.3 Å². The van der Waals surface area contributed by atoms with Gasteiger partial charge in [0.15, 0.2) is 0 Å². The Morgan fingerprint density at radius 3 is 2.80 bits per heavy atom. The summed E-state index contributed by atoms with van der Waals surface area (Å²) in [4.78, 5) is 25.1. The Bertz CT molecular complexity index is 487. The zero-order chi connectivity index (χ0) is 14.5. The van der Waals surface area contributed by atoms with Crippen LogP contribution in [0.5, 0.6) is 5.75 Å². The quantitative estimate of drug-likeness (QED) is 0.843. The molecule has 2 amide bonds. The molecule has 1 aromatic carbocycles. The minimum Gasteiger partial charge on any atom is -0.497 e. The Labute approximate surface area is 117 Å². The summed E-state index contributed by atoms with van der Waals surface area (Å²) in [5.41, 5.74) is 6.48. The predicted molar refractivity (Wildman–Crippen MR) is 75.4 cm³/mol. The van der Waals surface area contributed by atoms with E-state index in [1.807, 2.05) is 0 Å². The van der Waals surface area contributed by atoms with Crippen molar-refractivity contribution in [1.82, 2.24) is 4.90 Å². The molecule has 0 radical (unpaired) electrons. The molecule has 0 aliphatic carbocycles. The minimum absolute atomic E-state index is 0.0171. The van der Waals surface area contributed by atoms with Gasteiger partial charge in [0.2, 0.25) is 11.8 Å². The number of nitrogens with two attached hydrogens (primary N) is 1. The van der Waals surface area contributed by atoms with Gasteiger partial charge in [-0.25, -0.2) is 0 Å². The van der Waals surface area contributed by atoms with Gasteiger partial charge in [-0.15, -0.1) is 0 Å². The fourth-order valence-electron chi connectivity index (χ4n) is 2.14. The molecule has 108 valence electrons. The lowest BCUT2D eigenvalue weighted by atomic mass is 10.1. The second-order valence-corrected chi connectivity index (χ2v) is 4.85. The lowest BCUT2D eigenvalue weighted by Crippen LogP contribution is -2.48. The summed E-state index contributed by atoms with van der Waals surface area (Å²) in [6, 6.07) is 6.98. The fourth-order valence-corrected chi connectivity index (χ4v) is 2.14. The SMILES string of the molecule is COc1ccc(NC(=O)CN2CC(N)CCC2=O)cc1. The lowest BCUT2D eigenvalue weighted by molar-refractivity contribution is -0.137. The first-order chi connectivity index (χ1) is 9.58. The number of ether oxygens (including phenoxy) is 1. The summed E-state index contributed by atoms with van der Waals surface area (Å²) in [7, 11) is 1.58. The van der Waals surface area contributed by atoms with E-state index in [0.717, 1.165) is 5.75 Å². The number of rotatable bonds is 4. The first kappa shape index (κ1) is 14.3. The number of methoxy groups -OCH3 is 1. The maximum Gasteiger partial charge on any atom is 0.243 e. The predicted octanol–water partition coefficient (Wildman–Crippen LogP) is 0.583. The zero-order valence-electron chi connectivity index (χ0n) is 11.5. The summed E-state index contributed by atoms with van der Waals surface area (Å²) < 4.78 is 5.04. The second-order valence-electron chi connectivity index (χ2n) is 4.85. The number of benzene rings is 1. The van der Waals surface area contributed by atoms with Crippen molar-refractivity contribution in [3.8, 4) is 5.75 Å². The van der Waals surface area contributed by atoms with Gasteiger partial charge in [0.25, 0.3) is 0 Å². The van der Waals surface area contributed by atoms with Crippen LogP contribution >= 0.6 is 0 Å². The molecule has 1 fully saturated rings. The summed E-state index contributed by atoms with van der Waals surface area (Å²) in [5, 5.41) is 2.75. The molecule has 0 saturated carbocycles. The molecule has 1 saturated heterocycles. The van der Waals surface area contributed by atoms with Crippen LogP contribution in [0.25, 0.3) is 0 Å². The van der Waals surface area contributed by atoms with Crippen LogP contribution in [0.3, 0.4) is 0 Å². The molecular weight excluding hydrogens is 258 g/mol. The molecule has 1 aromatic rings. The van der Waals surface area contributed by atoms with Crippen molar-refractivity contribution in [3.05, 3.63) is 24.3 Å². The molecule has 20 heavy (non-hydrogen) atoms. The topological polar surface area (TPSA) is 84.7 Å². The van der Waals surface area contributed by atoms with Crippen molar-refractivity contribution in [1.29, 1.82) is 0 Å². The van der Waals surface area contributed by atoms with Crippen LogP contribution in [0.1, 0.15) is 12.8 Å². The van der Waals surface area contributed by atoms with Gasteiger partial charge in [0.1, 0.15) is 5.75 Å². The van der Waals surface area contributed by atoms with Gasteiger partial charge in [-0.3, -0.25) is 9.59 Å². The Hall–Kier alpha value is -2.08. The normalized spacial score (nSPS) is 18.8. The van der Waals surface area contributed by atoms with Crippen LogP contribution in [0, 0.1) is 0 Å². The monoisotopic (exact) mass is 277 g/mol. The smallest absolute Gasteiger partial charge is 0.243 e. The molecule has 0 bridgehead atoms. The van der Waals surface area contributed by atoms with Crippen LogP contribution in [0.4, 0.5) is 5.69 Å². The maximum atomic E-state index is 11.9. The van der Waals surface area contributed by atoms with Crippen molar-refractivity contribution in [2.45, 2.75) is 18.9 Å². The Morgan fingerprint density at radius 2 is 2.15 bits per heavy atom. The van der Waals surface area contributed by atoms with Crippen molar-refractivity contribution in [3.63, 3.8) is 0 Å². The van der Waals surface area contributed by atoms with Crippen molar-refractivity contribution < 1.29 is 14.3 Å². The summed E-state index contributed by atoms with van der Waals surface area (Å²) in [6.07, 6.45) is 1.10. The van der Waals surface area contributed by atoms with E-state index in [-0.39, 0.29) is 24.4 Å². The van der Waals surface area contributed by atoms with Gasteiger partial charge in [-0.05, 0) is 30.7 Å². The number of hydrogen-bond donors (Lipinski definition) is 2. The van der Waals surface area contributed by atoms with E-state index >= 15 is 0 Å². The highest BCUT2D eigenvalue weighted by molar-refractivity contribution is 5.94. The van der Waals surface area contributed by atoms with E-state index in [1.54, 1.807) is 31.4 Å². The fraction of sp³-hybridized carbons (Fsp3) is 0.429. The van der Waals surface area contributed by atoms with Gasteiger partial charge in [-0.2, -0.15) is 0 Å². The molecule has 1 heterocycles. The number of likely N-dealkylation sites (tertiary alicyclic amines) is 1. The summed E-state index contributed by atoms with van der Waals surface area (Å²) >= 11 is 0. The van der Waals surface area contributed by atoms with Crippen molar-refractivity contribution in [2.75, 3.05) is 25.5 Å². The number of piperidine rings is 1. The van der Waals surface area contributed by atoms with Gasteiger partial charge in [0.05, 0.1) is 13.7 Å². The largest absolute Gasteiger partial charge is 0.497 e. The number of carbonyl (C=O) groups excluding carboxylic acids is 2. The van der Waals surface area contributed by atoms with Crippen LogP contribution in [0.2, 0.25) is 0 Å². The Morgan fingerprint density at radius 1 is 1.45 bits per heavy atom. The highest BCUT2D eigenvalue weighted by atomic mass is 16.5. The summed E-state index contributed by atoms with van der Waals surface area (Å²) in [6.45, 7) is 0.480. The molecule has 1 aliphatic heterocycles. The molecule has 3 N–H and O–H groups in total. The minimum atomic E-state index is -0.224. The first-order valence-corrected chi connectivity index (χ1v) is 6.55. The highest BCUT2D eigenvalue weighted by Crippen LogP contribution is 2.15. The van der Waals surface area contributed by atoms with E-state index < -0.39 is 0 Å². The van der Waals surface area contributed by atoms with E-state index in [4.69, 9.17) is 10.5 Å². The summed E-state index contributed by atoms with van der Waals surface area (Å²) in [5.74, 6) is 0.481. The molecule has 0 spiro atoms. The molecule has 2 rings (SSSR count). The van der Waals surface area contributed by atoms with Gasteiger partial charge in [-0.1, -0.05) is 0 Å². The third-order valence-corrected chi connectivity index (χ3v) is 3.24. The van der Waals surface area contributed by atoms with Gasteiger partial charge < -0.3 is 20.7 Å². The van der Waals surface area contributed by atoms with Gasteiger partial charge in [0, 0.05) is 24.7 Å². The molecule has 1 atom stereocenters. The van der Waals surface area contributed by atoms with Crippen molar-refractivity contribution in [2.24, 2.45) is 5.73 Å². The second kappa shape index (κ2) is 6.38. The number of anilines is 1. The average molecular weight is 277 g/mol. The number of nitrogens with zero attached hydrogens (tertiary/aromatic N) is 1. The Balaban J connectivity index is 1.89. The number of hydrogen-bond acceptors (Lipinski definition) is 4. The van der Waals surface area contributed by atoms with Crippen LogP contribution in [-0.2, 0) is 9.59 Å². The first-order valence-electron chi connectivity index (χ1n) is 6.55. The Kier molecular flexibility index (Phi) is 4.57. The molecule has 1 aliphatic rings. The van der Waals surface area contributed by atoms with E-state index in [0.29, 0.717) is 25.1 Å². The number of nitrogens with one attached hydrogen (secondary N) is 1. The maximum absolute atomic E-state index is 11.9. The molecule has 6 nitrogen and oxygen atoms in total. The molecule has 1 unspecified atom stereocenters. The highest BCUT2D eigenvalue weighted by Gasteiger charge is 2.24. The third kappa shape index (κ3) is 3.71. The lowest BCUT2D eigenvalue weighted by Gasteiger charge is -2.30. The van der Waals surface area contributed by atoms with Crippen LogP contribution in [-0.4, -0.2) is 43.0 Å². The molecule has 6 heteroatoms. The third-order valence-electron chi connectivity index (χ3n) is 3.24. The van der Waals surface area contributed by atoms with Gasteiger partial charge >= 0.3 is 0 Å². The van der Waals surface area contributed by atoms with Crippen molar-refractivity contribution >= 4 is 17.5 Å². The number of carbonyl (C=O) groups is 2. The van der Waals surface area contributed by atoms with E-state index in [1.165, 1.54) is 4.90 Å². The average Bonchev–Trinajstić information content (AvgIpc) is 2.43. The standard InChI is InChI=1S/C14H19N3O3/c1-20-12-5-3-11(4-6-12)16-13(18)9-17-8-10(15)2-7-14(17)19/h3-6,10H,2,7-9,15H2,1H3,(H,16,18). The van der Waals surface area contributed by atoms with E-state index in [9.17, 15) is 9.59 Å². The molecular formula is C14H19N3O3. The molecule has 0 aromatic heterocycles. The number of amides is 2.